The Hall–Kier alpha value is -1.65. The summed E-state index contributed by atoms with van der Waals surface area (Å²) in [6.07, 6.45) is 3.10. The molecule has 0 saturated carbocycles. The molecule has 0 aliphatic rings. The van der Waals surface area contributed by atoms with Crippen molar-refractivity contribution >= 4 is 0 Å². The standard InChI is InChI=1S/C17H26N4/c1-3-21(4-2)12-8-11-18-13-16-14-19-20-17(16)15-9-6-5-7-10-15/h5-7,9-10,14,18H,3-4,8,11-13H2,1-2H3,(H,19,20). The van der Waals surface area contributed by atoms with Crippen LogP contribution in [0.3, 0.4) is 0 Å². The summed E-state index contributed by atoms with van der Waals surface area (Å²) < 4.78 is 0. The van der Waals surface area contributed by atoms with Crippen molar-refractivity contribution in [2.24, 2.45) is 0 Å². The molecule has 4 nitrogen and oxygen atoms in total. The lowest BCUT2D eigenvalue weighted by molar-refractivity contribution is 0.298. The van der Waals surface area contributed by atoms with Crippen LogP contribution in [0.25, 0.3) is 11.3 Å². The van der Waals surface area contributed by atoms with Gasteiger partial charge in [0, 0.05) is 12.1 Å². The minimum absolute atomic E-state index is 0.860. The van der Waals surface area contributed by atoms with Gasteiger partial charge in [0.1, 0.15) is 0 Å². The van der Waals surface area contributed by atoms with Crippen molar-refractivity contribution in [3.63, 3.8) is 0 Å². The molecule has 0 aliphatic heterocycles. The molecule has 2 aromatic rings. The second-order valence-corrected chi connectivity index (χ2v) is 5.19. The summed E-state index contributed by atoms with van der Waals surface area (Å²) in [5.74, 6) is 0. The van der Waals surface area contributed by atoms with Gasteiger partial charge in [0.25, 0.3) is 0 Å². The van der Waals surface area contributed by atoms with Crippen molar-refractivity contribution in [3.8, 4) is 11.3 Å². The molecule has 1 heterocycles. The van der Waals surface area contributed by atoms with Gasteiger partial charge in [-0.2, -0.15) is 5.10 Å². The van der Waals surface area contributed by atoms with E-state index < -0.39 is 0 Å². The summed E-state index contributed by atoms with van der Waals surface area (Å²) in [4.78, 5) is 2.45. The van der Waals surface area contributed by atoms with E-state index in [-0.39, 0.29) is 0 Å². The van der Waals surface area contributed by atoms with Gasteiger partial charge in [0.05, 0.1) is 11.9 Å². The lowest BCUT2D eigenvalue weighted by atomic mass is 10.1. The SMILES string of the molecule is CCN(CC)CCCNCc1cn[nH]c1-c1ccccc1. The molecule has 1 aromatic heterocycles. The Labute approximate surface area is 127 Å². The number of hydrogen-bond acceptors (Lipinski definition) is 3. The first-order valence-corrected chi connectivity index (χ1v) is 7.85. The van der Waals surface area contributed by atoms with Gasteiger partial charge >= 0.3 is 0 Å². The van der Waals surface area contributed by atoms with E-state index in [1.54, 1.807) is 0 Å². The maximum atomic E-state index is 4.18. The Morgan fingerprint density at radius 1 is 1.14 bits per heavy atom. The highest BCUT2D eigenvalue weighted by Gasteiger charge is 2.06. The van der Waals surface area contributed by atoms with Gasteiger partial charge in [0.2, 0.25) is 0 Å². The average Bonchev–Trinajstić information content (AvgIpc) is 3.00. The lowest BCUT2D eigenvalue weighted by Crippen LogP contribution is -2.27. The number of aromatic nitrogens is 2. The van der Waals surface area contributed by atoms with E-state index in [4.69, 9.17) is 0 Å². The highest BCUT2D eigenvalue weighted by atomic mass is 15.1. The van der Waals surface area contributed by atoms with Crippen molar-refractivity contribution in [2.45, 2.75) is 26.8 Å². The first-order valence-electron chi connectivity index (χ1n) is 7.85. The average molecular weight is 286 g/mol. The summed E-state index contributed by atoms with van der Waals surface area (Å²) in [7, 11) is 0. The topological polar surface area (TPSA) is 44.0 Å². The van der Waals surface area contributed by atoms with Crippen molar-refractivity contribution in [3.05, 3.63) is 42.1 Å². The molecule has 21 heavy (non-hydrogen) atoms. The fourth-order valence-electron chi connectivity index (χ4n) is 2.49. The fraction of sp³-hybridized carbons (Fsp3) is 0.471. The molecule has 0 spiro atoms. The van der Waals surface area contributed by atoms with Crippen LogP contribution in [0.15, 0.2) is 36.5 Å². The molecule has 0 unspecified atom stereocenters. The Morgan fingerprint density at radius 2 is 1.90 bits per heavy atom. The van der Waals surface area contributed by atoms with Gasteiger partial charge in [-0.1, -0.05) is 44.2 Å². The van der Waals surface area contributed by atoms with E-state index in [1.807, 2.05) is 12.3 Å². The second kappa shape index (κ2) is 8.60. The monoisotopic (exact) mass is 286 g/mol. The van der Waals surface area contributed by atoms with Gasteiger partial charge in [-0.25, -0.2) is 0 Å². The van der Waals surface area contributed by atoms with Crippen LogP contribution >= 0.6 is 0 Å². The van der Waals surface area contributed by atoms with E-state index in [0.29, 0.717) is 0 Å². The second-order valence-electron chi connectivity index (χ2n) is 5.19. The van der Waals surface area contributed by atoms with Gasteiger partial charge in [-0.15, -0.1) is 0 Å². The minimum Gasteiger partial charge on any atom is -0.312 e. The molecule has 0 aliphatic carbocycles. The van der Waals surface area contributed by atoms with Crippen LogP contribution in [-0.4, -0.2) is 41.3 Å². The van der Waals surface area contributed by atoms with Crippen LogP contribution in [0.2, 0.25) is 0 Å². The zero-order valence-corrected chi connectivity index (χ0v) is 13.1. The lowest BCUT2D eigenvalue weighted by Gasteiger charge is -2.17. The van der Waals surface area contributed by atoms with Crippen LogP contribution in [0.1, 0.15) is 25.8 Å². The number of nitrogens with zero attached hydrogens (tertiary/aromatic N) is 2. The van der Waals surface area contributed by atoms with E-state index >= 15 is 0 Å². The molecule has 1 aromatic carbocycles. The molecule has 0 saturated heterocycles. The molecule has 0 bridgehead atoms. The molecule has 0 fully saturated rings. The third kappa shape index (κ3) is 4.69. The van der Waals surface area contributed by atoms with Crippen LogP contribution < -0.4 is 5.32 Å². The molecule has 0 amide bonds. The normalized spacial score (nSPS) is 11.2. The van der Waals surface area contributed by atoms with Crippen LogP contribution in [0.5, 0.6) is 0 Å². The predicted octanol–water partition coefficient (Wildman–Crippen LogP) is 2.90. The third-order valence-electron chi connectivity index (χ3n) is 3.82. The van der Waals surface area contributed by atoms with E-state index in [9.17, 15) is 0 Å². The Balaban J connectivity index is 1.79. The van der Waals surface area contributed by atoms with Gasteiger partial charge in [-0.05, 0) is 38.2 Å². The highest BCUT2D eigenvalue weighted by Crippen LogP contribution is 2.20. The summed E-state index contributed by atoms with van der Waals surface area (Å²) in [5, 5.41) is 10.8. The van der Waals surface area contributed by atoms with Gasteiger partial charge in [0.15, 0.2) is 0 Å². The third-order valence-corrected chi connectivity index (χ3v) is 3.82. The number of aromatic amines is 1. The molecule has 114 valence electrons. The van der Waals surface area contributed by atoms with Gasteiger partial charge in [-0.3, -0.25) is 5.10 Å². The molecule has 4 heteroatoms. The number of H-pyrrole nitrogens is 1. The Kier molecular flexibility index (Phi) is 6.44. The van der Waals surface area contributed by atoms with E-state index in [2.05, 4.69) is 58.5 Å². The number of nitrogens with one attached hydrogen (secondary N) is 2. The van der Waals surface area contributed by atoms with Crippen molar-refractivity contribution in [1.29, 1.82) is 0 Å². The summed E-state index contributed by atoms with van der Waals surface area (Å²) in [5.41, 5.74) is 3.53. The van der Waals surface area contributed by atoms with Crippen LogP contribution in [-0.2, 0) is 6.54 Å². The number of rotatable bonds is 9. The highest BCUT2D eigenvalue weighted by molar-refractivity contribution is 5.62. The zero-order chi connectivity index (χ0) is 14.9. The first kappa shape index (κ1) is 15.7. The minimum atomic E-state index is 0.860. The Bertz CT molecular complexity index is 503. The predicted molar refractivity (Wildman–Crippen MR) is 88.1 cm³/mol. The number of hydrogen-bond donors (Lipinski definition) is 2. The molecule has 0 atom stereocenters. The summed E-state index contributed by atoms with van der Waals surface area (Å²) in [6.45, 7) is 9.77. The first-order chi connectivity index (χ1) is 10.3. The maximum absolute atomic E-state index is 4.18. The van der Waals surface area contributed by atoms with Crippen LogP contribution in [0, 0.1) is 0 Å². The maximum Gasteiger partial charge on any atom is 0.0695 e. The molecular weight excluding hydrogens is 260 g/mol. The molecule has 2 N–H and O–H groups in total. The fourth-order valence-corrected chi connectivity index (χ4v) is 2.49. The molecular formula is C17H26N4. The largest absolute Gasteiger partial charge is 0.312 e. The van der Waals surface area contributed by atoms with Crippen molar-refractivity contribution < 1.29 is 0 Å². The van der Waals surface area contributed by atoms with E-state index in [0.717, 1.165) is 38.4 Å². The molecule has 2 rings (SSSR count). The van der Waals surface area contributed by atoms with E-state index in [1.165, 1.54) is 17.5 Å². The summed E-state index contributed by atoms with van der Waals surface area (Å²) >= 11 is 0. The number of benzene rings is 1. The smallest absolute Gasteiger partial charge is 0.0695 e. The van der Waals surface area contributed by atoms with Crippen LogP contribution in [0.4, 0.5) is 0 Å². The zero-order valence-electron chi connectivity index (χ0n) is 13.1. The molecule has 0 radical (unpaired) electrons. The van der Waals surface area contributed by atoms with Crippen molar-refractivity contribution in [1.82, 2.24) is 20.4 Å². The van der Waals surface area contributed by atoms with Gasteiger partial charge < -0.3 is 10.2 Å². The van der Waals surface area contributed by atoms with Crippen molar-refractivity contribution in [2.75, 3.05) is 26.2 Å². The Morgan fingerprint density at radius 3 is 2.62 bits per heavy atom. The quantitative estimate of drug-likeness (QED) is 0.697. The summed E-state index contributed by atoms with van der Waals surface area (Å²) in [6, 6.07) is 10.4.